The molecule has 21 heavy (non-hydrogen) atoms. The largest absolute Gasteiger partial charge is 0.456 e. The lowest BCUT2D eigenvalue weighted by molar-refractivity contribution is 0.481. The van der Waals surface area contributed by atoms with Crippen LogP contribution in [0, 0.1) is 17.1 Å². The van der Waals surface area contributed by atoms with Crippen molar-refractivity contribution in [3.63, 3.8) is 0 Å². The van der Waals surface area contributed by atoms with Gasteiger partial charge < -0.3 is 10.5 Å². The Balaban J connectivity index is 2.02. The van der Waals surface area contributed by atoms with Gasteiger partial charge in [0.1, 0.15) is 23.4 Å². The maximum Gasteiger partial charge on any atom is 0.144 e. The maximum atomic E-state index is 13.6. The van der Waals surface area contributed by atoms with Crippen LogP contribution in [0.2, 0.25) is 0 Å². The molecule has 4 nitrogen and oxygen atoms in total. The average Bonchev–Trinajstić information content (AvgIpc) is 2.47. The molecule has 0 saturated carbocycles. The first-order chi connectivity index (χ1) is 10.2. The van der Waals surface area contributed by atoms with E-state index in [0.717, 1.165) is 5.39 Å². The first kappa shape index (κ1) is 12.9. The molecule has 0 aliphatic rings. The lowest BCUT2D eigenvalue weighted by Gasteiger charge is -2.09. The van der Waals surface area contributed by atoms with Crippen LogP contribution in [0.15, 0.2) is 48.7 Å². The van der Waals surface area contributed by atoms with E-state index in [1.807, 2.05) is 0 Å². The molecular weight excluding hydrogens is 269 g/mol. The number of pyridine rings is 1. The molecule has 1 heterocycles. The Morgan fingerprint density at radius 2 is 2.00 bits per heavy atom. The lowest BCUT2D eigenvalue weighted by atomic mass is 10.2. The summed E-state index contributed by atoms with van der Waals surface area (Å²) in [5.41, 5.74) is 7.00. The smallest absolute Gasteiger partial charge is 0.144 e. The first-order valence-corrected chi connectivity index (χ1v) is 6.19. The summed E-state index contributed by atoms with van der Waals surface area (Å²) in [6.45, 7) is 0. The minimum Gasteiger partial charge on any atom is -0.456 e. The number of nitrogen functional groups attached to an aromatic ring is 1. The summed E-state index contributed by atoms with van der Waals surface area (Å²) in [5.74, 6) is 0.248. The highest BCUT2D eigenvalue weighted by atomic mass is 19.1. The first-order valence-electron chi connectivity index (χ1n) is 6.19. The third-order valence-corrected chi connectivity index (χ3v) is 3.02. The van der Waals surface area contributed by atoms with E-state index in [4.69, 9.17) is 15.7 Å². The van der Waals surface area contributed by atoms with Crippen molar-refractivity contribution in [2.75, 3.05) is 5.73 Å². The Morgan fingerprint density at radius 3 is 2.76 bits per heavy atom. The number of hydrogen-bond donors (Lipinski definition) is 1. The van der Waals surface area contributed by atoms with Crippen LogP contribution >= 0.6 is 0 Å². The molecule has 0 atom stereocenters. The van der Waals surface area contributed by atoms with E-state index in [2.05, 4.69) is 4.98 Å². The molecule has 1 aromatic heterocycles. The van der Waals surface area contributed by atoms with E-state index in [9.17, 15) is 4.39 Å². The van der Waals surface area contributed by atoms with Gasteiger partial charge in [0.2, 0.25) is 0 Å². The number of hydrogen-bond acceptors (Lipinski definition) is 4. The molecule has 0 bridgehead atoms. The predicted octanol–water partition coefficient (Wildman–Crippen LogP) is 3.62. The monoisotopic (exact) mass is 279 g/mol. The number of halogens is 1. The van der Waals surface area contributed by atoms with Gasteiger partial charge in [-0.1, -0.05) is 0 Å². The van der Waals surface area contributed by atoms with Crippen molar-refractivity contribution >= 4 is 16.6 Å². The average molecular weight is 279 g/mol. The minimum absolute atomic E-state index is 0.0188. The number of ether oxygens (including phenoxy) is 1. The topological polar surface area (TPSA) is 71.9 Å². The third kappa shape index (κ3) is 2.47. The Morgan fingerprint density at radius 1 is 1.14 bits per heavy atom. The molecule has 0 radical (unpaired) electrons. The quantitative estimate of drug-likeness (QED) is 0.727. The number of aromatic nitrogens is 1. The van der Waals surface area contributed by atoms with Gasteiger partial charge in [0, 0.05) is 23.3 Å². The highest BCUT2D eigenvalue weighted by Crippen LogP contribution is 2.30. The summed E-state index contributed by atoms with van der Waals surface area (Å²) in [6, 6.07) is 12.8. The summed E-state index contributed by atoms with van der Waals surface area (Å²) >= 11 is 0. The molecule has 102 valence electrons. The molecule has 3 rings (SSSR count). The Bertz CT molecular complexity index is 871. The van der Waals surface area contributed by atoms with Crippen LogP contribution in [0.4, 0.5) is 10.1 Å². The summed E-state index contributed by atoms with van der Waals surface area (Å²) in [6.07, 6.45) is 1.59. The second-order valence-electron chi connectivity index (χ2n) is 4.44. The van der Waals surface area contributed by atoms with Gasteiger partial charge in [-0.25, -0.2) is 4.39 Å². The van der Waals surface area contributed by atoms with E-state index in [1.165, 1.54) is 12.1 Å². The number of benzene rings is 2. The number of rotatable bonds is 2. The van der Waals surface area contributed by atoms with Crippen LogP contribution in [0.5, 0.6) is 11.5 Å². The van der Waals surface area contributed by atoms with Crippen molar-refractivity contribution in [1.82, 2.24) is 4.98 Å². The fourth-order valence-electron chi connectivity index (χ4n) is 2.00. The van der Waals surface area contributed by atoms with Crippen molar-refractivity contribution in [2.24, 2.45) is 0 Å². The van der Waals surface area contributed by atoms with E-state index in [1.54, 1.807) is 42.6 Å². The minimum atomic E-state index is -0.613. The zero-order valence-electron chi connectivity index (χ0n) is 10.9. The van der Waals surface area contributed by atoms with Crippen molar-refractivity contribution in [3.8, 4) is 17.6 Å². The van der Waals surface area contributed by atoms with Crippen LogP contribution < -0.4 is 10.5 Å². The van der Waals surface area contributed by atoms with Crippen LogP contribution in [0.3, 0.4) is 0 Å². The highest BCUT2D eigenvalue weighted by molar-refractivity contribution is 5.87. The van der Waals surface area contributed by atoms with Gasteiger partial charge >= 0.3 is 0 Å². The Kier molecular flexibility index (Phi) is 3.13. The summed E-state index contributed by atoms with van der Waals surface area (Å²) < 4.78 is 19.3. The molecule has 0 saturated heterocycles. The summed E-state index contributed by atoms with van der Waals surface area (Å²) in [4.78, 5) is 4.21. The zero-order chi connectivity index (χ0) is 14.8. The van der Waals surface area contributed by atoms with Gasteiger partial charge in [0.25, 0.3) is 0 Å². The van der Waals surface area contributed by atoms with Crippen molar-refractivity contribution in [1.29, 1.82) is 5.26 Å². The van der Waals surface area contributed by atoms with Crippen LogP contribution in [-0.2, 0) is 0 Å². The molecule has 0 amide bonds. The highest BCUT2D eigenvalue weighted by Gasteiger charge is 2.07. The third-order valence-electron chi connectivity index (χ3n) is 3.02. The molecule has 0 aliphatic heterocycles. The second kappa shape index (κ2) is 5.10. The fraction of sp³-hybridized carbons (Fsp3) is 0. The lowest BCUT2D eigenvalue weighted by Crippen LogP contribution is -1.91. The number of fused-ring (bicyclic) bond motifs is 1. The normalized spacial score (nSPS) is 10.3. The molecule has 0 aliphatic carbocycles. The van der Waals surface area contributed by atoms with E-state index in [0.29, 0.717) is 22.7 Å². The molecular formula is C16H10FN3O. The predicted molar refractivity (Wildman–Crippen MR) is 77.3 cm³/mol. The molecule has 0 spiro atoms. The Hall–Kier alpha value is -3.13. The second-order valence-corrected chi connectivity index (χ2v) is 4.44. The van der Waals surface area contributed by atoms with E-state index >= 15 is 0 Å². The van der Waals surface area contributed by atoms with Crippen molar-refractivity contribution in [3.05, 3.63) is 60.0 Å². The van der Waals surface area contributed by atoms with Crippen LogP contribution in [0.25, 0.3) is 10.9 Å². The maximum absolute atomic E-state index is 13.6. The number of nitriles is 1. The van der Waals surface area contributed by atoms with Gasteiger partial charge in [-0.15, -0.1) is 0 Å². The van der Waals surface area contributed by atoms with E-state index in [-0.39, 0.29) is 5.56 Å². The fourth-order valence-corrected chi connectivity index (χ4v) is 2.00. The van der Waals surface area contributed by atoms with Crippen LogP contribution in [-0.4, -0.2) is 4.98 Å². The van der Waals surface area contributed by atoms with E-state index < -0.39 is 5.82 Å². The molecule has 2 N–H and O–H groups in total. The van der Waals surface area contributed by atoms with Crippen molar-refractivity contribution < 1.29 is 9.13 Å². The summed E-state index contributed by atoms with van der Waals surface area (Å²) in [7, 11) is 0. The number of nitrogens with two attached hydrogens (primary N) is 1. The summed E-state index contributed by atoms with van der Waals surface area (Å²) in [5, 5.41) is 9.49. The molecule has 2 aromatic carbocycles. The number of anilines is 1. The SMILES string of the molecule is N#Cc1ccc(Oc2ccnc3cc(N)ccc23)cc1F. The molecule has 5 heteroatoms. The van der Waals surface area contributed by atoms with Gasteiger partial charge in [0.15, 0.2) is 0 Å². The standard InChI is InChI=1S/C16H10FN3O/c17-14-8-12(3-1-10(14)9-18)21-16-5-6-20-15-7-11(19)2-4-13(15)16/h1-8H,19H2. The number of nitrogens with zero attached hydrogens (tertiary/aromatic N) is 2. The van der Waals surface area contributed by atoms with Gasteiger partial charge in [-0.2, -0.15) is 5.26 Å². The molecule has 3 aromatic rings. The van der Waals surface area contributed by atoms with Gasteiger partial charge in [-0.3, -0.25) is 4.98 Å². The molecule has 0 fully saturated rings. The Labute approximate surface area is 120 Å². The van der Waals surface area contributed by atoms with Gasteiger partial charge in [0.05, 0.1) is 11.1 Å². The molecule has 0 unspecified atom stereocenters. The van der Waals surface area contributed by atoms with Crippen molar-refractivity contribution in [2.45, 2.75) is 0 Å². The van der Waals surface area contributed by atoms with Crippen LogP contribution in [0.1, 0.15) is 5.56 Å². The zero-order valence-corrected chi connectivity index (χ0v) is 10.9. The van der Waals surface area contributed by atoms with Gasteiger partial charge in [-0.05, 0) is 36.4 Å².